The maximum absolute atomic E-state index is 13.4. The van der Waals surface area contributed by atoms with E-state index < -0.39 is 5.82 Å². The predicted octanol–water partition coefficient (Wildman–Crippen LogP) is 3.37. The Balaban J connectivity index is 2.65. The molecular formula is C12H17F2NS. The smallest absolute Gasteiger partial charge is 0.128 e. The lowest BCUT2D eigenvalue weighted by Crippen LogP contribution is -2.26. The third kappa shape index (κ3) is 3.76. The summed E-state index contributed by atoms with van der Waals surface area (Å²) < 4.78 is 26.4. The molecule has 1 N–H and O–H groups in total. The Morgan fingerprint density at radius 2 is 2.00 bits per heavy atom. The van der Waals surface area contributed by atoms with Gasteiger partial charge >= 0.3 is 0 Å². The van der Waals surface area contributed by atoms with Gasteiger partial charge in [-0.05, 0) is 31.4 Å². The van der Waals surface area contributed by atoms with Gasteiger partial charge in [-0.1, -0.05) is 6.92 Å². The minimum absolute atomic E-state index is 0.176. The van der Waals surface area contributed by atoms with Gasteiger partial charge in [0, 0.05) is 23.4 Å². The van der Waals surface area contributed by atoms with Crippen LogP contribution in [0.2, 0.25) is 0 Å². The van der Waals surface area contributed by atoms with E-state index in [1.54, 1.807) is 11.8 Å². The summed E-state index contributed by atoms with van der Waals surface area (Å²) in [5.41, 5.74) is 0.383. The van der Waals surface area contributed by atoms with E-state index in [0.29, 0.717) is 10.8 Å². The number of nitrogens with one attached hydrogen (secondary N) is 1. The molecule has 0 fully saturated rings. The Labute approximate surface area is 99.6 Å². The first-order valence-corrected chi connectivity index (χ1v) is 6.54. The van der Waals surface area contributed by atoms with Crippen molar-refractivity contribution in [1.29, 1.82) is 0 Å². The number of halogens is 2. The Morgan fingerprint density at radius 1 is 1.31 bits per heavy atom. The summed E-state index contributed by atoms with van der Waals surface area (Å²) in [6.45, 7) is 4.70. The van der Waals surface area contributed by atoms with Crippen molar-refractivity contribution in [2.24, 2.45) is 0 Å². The second kappa shape index (κ2) is 6.21. The zero-order valence-electron chi connectivity index (χ0n) is 9.76. The van der Waals surface area contributed by atoms with Crippen LogP contribution in [-0.4, -0.2) is 18.1 Å². The summed E-state index contributed by atoms with van der Waals surface area (Å²) in [6.07, 6.45) is 2.03. The van der Waals surface area contributed by atoms with Gasteiger partial charge in [-0.2, -0.15) is 11.8 Å². The summed E-state index contributed by atoms with van der Waals surface area (Å²) in [5, 5.41) is 3.65. The first-order valence-electron chi connectivity index (χ1n) is 5.25. The normalized spacial score (nSPS) is 14.8. The molecular weight excluding hydrogens is 228 g/mol. The van der Waals surface area contributed by atoms with Crippen molar-refractivity contribution in [2.45, 2.75) is 25.1 Å². The predicted molar refractivity (Wildman–Crippen MR) is 65.8 cm³/mol. The quantitative estimate of drug-likeness (QED) is 0.853. The van der Waals surface area contributed by atoms with Gasteiger partial charge in [0.05, 0.1) is 0 Å². The maximum atomic E-state index is 13.4. The fourth-order valence-electron chi connectivity index (χ4n) is 1.38. The molecule has 0 heterocycles. The van der Waals surface area contributed by atoms with Crippen molar-refractivity contribution in [2.75, 3.05) is 12.8 Å². The fourth-order valence-corrected chi connectivity index (χ4v) is 1.65. The summed E-state index contributed by atoms with van der Waals surface area (Å²) in [5.74, 6) is -0.763. The molecule has 0 saturated heterocycles. The van der Waals surface area contributed by atoms with Crippen molar-refractivity contribution in [1.82, 2.24) is 5.32 Å². The monoisotopic (exact) mass is 245 g/mol. The molecule has 0 bridgehead atoms. The van der Waals surface area contributed by atoms with Crippen molar-refractivity contribution in [3.05, 3.63) is 35.4 Å². The van der Waals surface area contributed by atoms with Crippen LogP contribution < -0.4 is 5.32 Å². The molecule has 0 aliphatic carbocycles. The Hall–Kier alpha value is -0.610. The SMILES string of the molecule is CSC(C)CNC(C)c1cc(F)ccc1F. The minimum atomic E-state index is -0.400. The van der Waals surface area contributed by atoms with Crippen LogP contribution in [0.1, 0.15) is 25.5 Å². The van der Waals surface area contributed by atoms with Gasteiger partial charge in [0.25, 0.3) is 0 Å². The third-order valence-electron chi connectivity index (χ3n) is 2.54. The molecule has 0 saturated carbocycles. The lowest BCUT2D eigenvalue weighted by molar-refractivity contribution is 0.521. The second-order valence-corrected chi connectivity index (χ2v) is 5.12. The largest absolute Gasteiger partial charge is 0.309 e. The summed E-state index contributed by atoms with van der Waals surface area (Å²) in [7, 11) is 0. The van der Waals surface area contributed by atoms with Crippen molar-refractivity contribution >= 4 is 11.8 Å². The number of benzene rings is 1. The van der Waals surface area contributed by atoms with Gasteiger partial charge in [0.15, 0.2) is 0 Å². The second-order valence-electron chi connectivity index (χ2n) is 3.84. The van der Waals surface area contributed by atoms with Crippen molar-refractivity contribution < 1.29 is 8.78 Å². The van der Waals surface area contributed by atoms with E-state index in [1.807, 2.05) is 13.2 Å². The average Bonchev–Trinajstić information content (AvgIpc) is 2.28. The summed E-state index contributed by atoms with van der Waals surface area (Å²) >= 11 is 1.74. The van der Waals surface area contributed by atoms with E-state index in [1.165, 1.54) is 12.1 Å². The molecule has 0 aromatic heterocycles. The van der Waals surface area contributed by atoms with Gasteiger partial charge in [-0.15, -0.1) is 0 Å². The zero-order chi connectivity index (χ0) is 12.1. The number of hydrogen-bond acceptors (Lipinski definition) is 2. The minimum Gasteiger partial charge on any atom is -0.309 e. The number of rotatable bonds is 5. The molecule has 0 amide bonds. The maximum Gasteiger partial charge on any atom is 0.128 e. The van der Waals surface area contributed by atoms with Gasteiger partial charge < -0.3 is 5.32 Å². The van der Waals surface area contributed by atoms with E-state index in [9.17, 15) is 8.78 Å². The molecule has 0 spiro atoms. The molecule has 1 rings (SSSR count). The summed E-state index contributed by atoms with van der Waals surface area (Å²) in [4.78, 5) is 0. The molecule has 2 unspecified atom stereocenters. The molecule has 1 aromatic rings. The van der Waals surface area contributed by atoms with Crippen LogP contribution in [0.4, 0.5) is 8.78 Å². The number of hydrogen-bond donors (Lipinski definition) is 1. The fraction of sp³-hybridized carbons (Fsp3) is 0.500. The van der Waals surface area contributed by atoms with Gasteiger partial charge in [0.2, 0.25) is 0 Å². The molecule has 0 radical (unpaired) electrons. The van der Waals surface area contributed by atoms with Gasteiger partial charge in [0.1, 0.15) is 11.6 Å². The van der Waals surface area contributed by atoms with Crippen LogP contribution >= 0.6 is 11.8 Å². The van der Waals surface area contributed by atoms with E-state index in [4.69, 9.17) is 0 Å². The van der Waals surface area contributed by atoms with Gasteiger partial charge in [-0.25, -0.2) is 8.78 Å². The van der Waals surface area contributed by atoms with E-state index >= 15 is 0 Å². The molecule has 0 aliphatic rings. The lowest BCUT2D eigenvalue weighted by atomic mass is 10.1. The van der Waals surface area contributed by atoms with E-state index in [2.05, 4.69) is 12.2 Å². The van der Waals surface area contributed by atoms with Crippen LogP contribution in [0.15, 0.2) is 18.2 Å². The molecule has 90 valence electrons. The van der Waals surface area contributed by atoms with Crippen molar-refractivity contribution in [3.63, 3.8) is 0 Å². The summed E-state index contributed by atoms with van der Waals surface area (Å²) in [6, 6.07) is 3.37. The molecule has 4 heteroatoms. The van der Waals surface area contributed by atoms with Crippen molar-refractivity contribution in [3.8, 4) is 0 Å². The Kier molecular flexibility index (Phi) is 5.22. The first kappa shape index (κ1) is 13.5. The molecule has 2 atom stereocenters. The number of thioether (sulfide) groups is 1. The highest BCUT2D eigenvalue weighted by atomic mass is 32.2. The highest BCUT2D eigenvalue weighted by molar-refractivity contribution is 7.99. The van der Waals surface area contributed by atoms with Crippen LogP contribution in [0, 0.1) is 11.6 Å². The topological polar surface area (TPSA) is 12.0 Å². The Morgan fingerprint density at radius 3 is 2.62 bits per heavy atom. The van der Waals surface area contributed by atoms with Crippen LogP contribution in [0.25, 0.3) is 0 Å². The zero-order valence-corrected chi connectivity index (χ0v) is 10.6. The Bertz CT molecular complexity index is 344. The molecule has 1 nitrogen and oxygen atoms in total. The van der Waals surface area contributed by atoms with Crippen LogP contribution in [0.3, 0.4) is 0 Å². The highest BCUT2D eigenvalue weighted by Crippen LogP contribution is 2.18. The van der Waals surface area contributed by atoms with Gasteiger partial charge in [-0.3, -0.25) is 0 Å². The average molecular weight is 245 g/mol. The molecule has 1 aromatic carbocycles. The van der Waals surface area contributed by atoms with E-state index in [0.717, 1.165) is 12.6 Å². The van der Waals surface area contributed by atoms with E-state index in [-0.39, 0.29) is 11.9 Å². The molecule has 0 aliphatic heterocycles. The lowest BCUT2D eigenvalue weighted by Gasteiger charge is -2.17. The van der Waals surface area contributed by atoms with Crippen LogP contribution in [0.5, 0.6) is 0 Å². The first-order chi connectivity index (χ1) is 7.54. The third-order valence-corrected chi connectivity index (χ3v) is 3.51. The molecule has 16 heavy (non-hydrogen) atoms. The standard InChI is InChI=1S/C12H17F2NS/c1-8(16-3)7-15-9(2)11-6-10(13)4-5-12(11)14/h4-6,8-9,15H,7H2,1-3H3. The highest BCUT2D eigenvalue weighted by Gasteiger charge is 2.12. The van der Waals surface area contributed by atoms with Crippen LogP contribution in [-0.2, 0) is 0 Å².